The molecule has 3 atom stereocenters. The maximum atomic E-state index is 11.9. The summed E-state index contributed by atoms with van der Waals surface area (Å²) in [7, 11) is 0. The summed E-state index contributed by atoms with van der Waals surface area (Å²) in [5.74, 6) is -0.189. The Kier molecular flexibility index (Phi) is 4.42. The molecular weight excluding hydrogens is 254 g/mol. The predicted molar refractivity (Wildman–Crippen MR) is 77.3 cm³/mol. The maximum absolute atomic E-state index is 11.9. The van der Waals surface area contributed by atoms with Crippen LogP contribution in [0, 0.1) is 11.8 Å². The Hall–Kier alpha value is -1.84. The van der Waals surface area contributed by atoms with E-state index in [0.29, 0.717) is 5.92 Å². The molecule has 1 aromatic rings. The molecule has 20 heavy (non-hydrogen) atoms. The SMILES string of the molecule is CCc1ccc(NC(=O)[C@H](C)OC(=O)[C@H]2C[C@@H]2C)cc1. The molecule has 0 heterocycles. The zero-order valence-corrected chi connectivity index (χ0v) is 12.2. The van der Waals surface area contributed by atoms with E-state index in [1.807, 2.05) is 31.2 Å². The monoisotopic (exact) mass is 275 g/mol. The molecular formula is C16H21NO3. The number of ether oxygens (including phenoxy) is 1. The Balaban J connectivity index is 1.85. The van der Waals surface area contributed by atoms with E-state index in [0.717, 1.165) is 18.5 Å². The van der Waals surface area contributed by atoms with E-state index in [2.05, 4.69) is 12.2 Å². The summed E-state index contributed by atoms with van der Waals surface area (Å²) in [5, 5.41) is 2.75. The van der Waals surface area contributed by atoms with Crippen molar-refractivity contribution < 1.29 is 14.3 Å². The molecule has 1 fully saturated rings. The van der Waals surface area contributed by atoms with E-state index in [4.69, 9.17) is 4.74 Å². The molecule has 0 spiro atoms. The smallest absolute Gasteiger partial charge is 0.309 e. The first-order chi connectivity index (χ1) is 9.51. The number of amides is 1. The highest BCUT2D eigenvalue weighted by molar-refractivity contribution is 5.95. The second-order valence-corrected chi connectivity index (χ2v) is 5.44. The molecule has 1 N–H and O–H groups in total. The third-order valence-corrected chi connectivity index (χ3v) is 3.70. The van der Waals surface area contributed by atoms with Crippen molar-refractivity contribution in [3.8, 4) is 0 Å². The van der Waals surface area contributed by atoms with Crippen LogP contribution in [0.4, 0.5) is 5.69 Å². The van der Waals surface area contributed by atoms with Gasteiger partial charge in [0.05, 0.1) is 5.92 Å². The van der Waals surface area contributed by atoms with Crippen LogP contribution in [0.5, 0.6) is 0 Å². The van der Waals surface area contributed by atoms with Gasteiger partial charge in [-0.3, -0.25) is 9.59 Å². The van der Waals surface area contributed by atoms with E-state index in [1.54, 1.807) is 6.92 Å². The standard InChI is InChI=1S/C16H21NO3/c1-4-12-5-7-13(8-6-12)17-15(18)11(3)20-16(19)14-9-10(14)2/h5-8,10-11,14H,4,9H2,1-3H3,(H,17,18)/t10-,11-,14-/m0/s1. The number of rotatable bonds is 5. The number of carbonyl (C=O) groups excluding carboxylic acids is 2. The highest BCUT2D eigenvalue weighted by atomic mass is 16.5. The minimum absolute atomic E-state index is 0.0194. The predicted octanol–water partition coefficient (Wildman–Crippen LogP) is 2.78. The fraction of sp³-hybridized carbons (Fsp3) is 0.500. The molecule has 1 saturated carbocycles. The highest BCUT2D eigenvalue weighted by Crippen LogP contribution is 2.38. The van der Waals surface area contributed by atoms with Crippen LogP contribution in [-0.4, -0.2) is 18.0 Å². The van der Waals surface area contributed by atoms with Gasteiger partial charge in [0, 0.05) is 5.69 Å². The summed E-state index contributed by atoms with van der Waals surface area (Å²) >= 11 is 0. The summed E-state index contributed by atoms with van der Waals surface area (Å²) in [6, 6.07) is 7.65. The van der Waals surface area contributed by atoms with Crippen molar-refractivity contribution in [1.29, 1.82) is 0 Å². The fourth-order valence-corrected chi connectivity index (χ4v) is 2.03. The minimum atomic E-state index is -0.763. The van der Waals surface area contributed by atoms with Gasteiger partial charge in [0.15, 0.2) is 6.10 Å². The van der Waals surface area contributed by atoms with E-state index < -0.39 is 6.10 Å². The molecule has 0 bridgehead atoms. The lowest BCUT2D eigenvalue weighted by Gasteiger charge is -2.13. The zero-order valence-electron chi connectivity index (χ0n) is 12.2. The molecule has 0 radical (unpaired) electrons. The van der Waals surface area contributed by atoms with Gasteiger partial charge in [-0.25, -0.2) is 0 Å². The zero-order chi connectivity index (χ0) is 14.7. The second kappa shape index (κ2) is 6.07. The first-order valence-electron chi connectivity index (χ1n) is 7.11. The summed E-state index contributed by atoms with van der Waals surface area (Å²) in [5.41, 5.74) is 1.93. The van der Waals surface area contributed by atoms with Crippen molar-refractivity contribution in [2.24, 2.45) is 11.8 Å². The lowest BCUT2D eigenvalue weighted by atomic mass is 10.1. The van der Waals surface area contributed by atoms with Crippen LogP contribution in [0.25, 0.3) is 0 Å². The molecule has 0 aromatic heterocycles. The molecule has 0 saturated heterocycles. The Labute approximate surface area is 119 Å². The van der Waals surface area contributed by atoms with Crippen LogP contribution in [0.15, 0.2) is 24.3 Å². The molecule has 1 aliphatic rings. The third-order valence-electron chi connectivity index (χ3n) is 3.70. The molecule has 108 valence electrons. The normalized spacial score (nSPS) is 21.9. The lowest BCUT2D eigenvalue weighted by Crippen LogP contribution is -2.30. The number of hydrogen-bond acceptors (Lipinski definition) is 3. The molecule has 0 aliphatic heterocycles. The summed E-state index contributed by atoms with van der Waals surface area (Å²) in [6.45, 7) is 5.68. The van der Waals surface area contributed by atoms with Gasteiger partial charge in [-0.15, -0.1) is 0 Å². The first-order valence-corrected chi connectivity index (χ1v) is 7.11. The van der Waals surface area contributed by atoms with E-state index in [-0.39, 0.29) is 17.8 Å². The minimum Gasteiger partial charge on any atom is -0.452 e. The molecule has 1 aromatic carbocycles. The Bertz CT molecular complexity index is 495. The molecule has 4 nitrogen and oxygen atoms in total. The highest BCUT2D eigenvalue weighted by Gasteiger charge is 2.41. The van der Waals surface area contributed by atoms with Crippen LogP contribution < -0.4 is 5.32 Å². The van der Waals surface area contributed by atoms with Crippen molar-refractivity contribution in [2.75, 3.05) is 5.32 Å². The average molecular weight is 275 g/mol. The van der Waals surface area contributed by atoms with Crippen LogP contribution in [0.1, 0.15) is 32.8 Å². The van der Waals surface area contributed by atoms with Crippen LogP contribution in [0.3, 0.4) is 0 Å². The first kappa shape index (κ1) is 14.6. The number of esters is 1. The van der Waals surface area contributed by atoms with E-state index in [9.17, 15) is 9.59 Å². The van der Waals surface area contributed by atoms with E-state index in [1.165, 1.54) is 5.56 Å². The number of hydrogen-bond donors (Lipinski definition) is 1. The number of anilines is 1. The quantitative estimate of drug-likeness (QED) is 0.841. The van der Waals surface area contributed by atoms with Crippen molar-refractivity contribution in [3.63, 3.8) is 0 Å². The Morgan fingerprint density at radius 2 is 1.95 bits per heavy atom. The van der Waals surface area contributed by atoms with Crippen molar-refractivity contribution >= 4 is 17.6 Å². The molecule has 0 unspecified atom stereocenters. The van der Waals surface area contributed by atoms with Gasteiger partial charge < -0.3 is 10.1 Å². The number of benzene rings is 1. The van der Waals surface area contributed by atoms with Gasteiger partial charge in [-0.05, 0) is 43.4 Å². The van der Waals surface area contributed by atoms with Crippen molar-refractivity contribution in [1.82, 2.24) is 0 Å². The number of carbonyl (C=O) groups is 2. The largest absolute Gasteiger partial charge is 0.452 e. The fourth-order valence-electron chi connectivity index (χ4n) is 2.03. The topological polar surface area (TPSA) is 55.4 Å². The molecule has 4 heteroatoms. The van der Waals surface area contributed by atoms with Crippen LogP contribution in [-0.2, 0) is 20.7 Å². The Morgan fingerprint density at radius 1 is 1.35 bits per heavy atom. The van der Waals surface area contributed by atoms with Gasteiger partial charge in [-0.1, -0.05) is 26.0 Å². The third kappa shape index (κ3) is 3.59. The van der Waals surface area contributed by atoms with Gasteiger partial charge in [0.25, 0.3) is 5.91 Å². The lowest BCUT2D eigenvalue weighted by molar-refractivity contribution is -0.154. The molecule has 1 aliphatic carbocycles. The number of aryl methyl sites for hydroxylation is 1. The van der Waals surface area contributed by atoms with Gasteiger partial charge >= 0.3 is 5.97 Å². The van der Waals surface area contributed by atoms with Gasteiger partial charge in [0.2, 0.25) is 0 Å². The summed E-state index contributed by atoms with van der Waals surface area (Å²) in [4.78, 5) is 23.6. The maximum Gasteiger partial charge on any atom is 0.309 e. The van der Waals surface area contributed by atoms with Gasteiger partial charge in [0.1, 0.15) is 0 Å². The molecule has 1 amide bonds. The second-order valence-electron chi connectivity index (χ2n) is 5.44. The number of nitrogens with one attached hydrogen (secondary N) is 1. The van der Waals surface area contributed by atoms with Crippen LogP contribution >= 0.6 is 0 Å². The Morgan fingerprint density at radius 3 is 2.45 bits per heavy atom. The summed E-state index contributed by atoms with van der Waals surface area (Å²) in [6.07, 6.45) is 1.06. The molecule has 2 rings (SSSR count). The average Bonchev–Trinajstić information content (AvgIpc) is 3.16. The van der Waals surface area contributed by atoms with Gasteiger partial charge in [-0.2, -0.15) is 0 Å². The van der Waals surface area contributed by atoms with Crippen molar-refractivity contribution in [3.05, 3.63) is 29.8 Å². The summed E-state index contributed by atoms with van der Waals surface area (Å²) < 4.78 is 5.17. The van der Waals surface area contributed by atoms with Crippen molar-refractivity contribution in [2.45, 2.75) is 39.7 Å². The van der Waals surface area contributed by atoms with E-state index >= 15 is 0 Å². The van der Waals surface area contributed by atoms with Crippen LogP contribution in [0.2, 0.25) is 0 Å².